The van der Waals surface area contributed by atoms with Gasteiger partial charge < -0.3 is 15.8 Å². The minimum atomic E-state index is 0.305. The van der Waals surface area contributed by atoms with Crippen molar-refractivity contribution in [1.29, 1.82) is 0 Å². The number of hydrogen-bond acceptors (Lipinski definition) is 4. The van der Waals surface area contributed by atoms with E-state index < -0.39 is 0 Å². The second kappa shape index (κ2) is 3.22. The van der Waals surface area contributed by atoms with E-state index in [-0.39, 0.29) is 0 Å². The minimum Gasteiger partial charge on any atom is -0.481 e. The zero-order valence-electron chi connectivity index (χ0n) is 7.53. The van der Waals surface area contributed by atoms with Crippen molar-refractivity contribution in [2.75, 3.05) is 12.4 Å². The first-order chi connectivity index (χ1) is 6.29. The van der Waals surface area contributed by atoms with E-state index in [1.54, 1.807) is 13.3 Å². The highest BCUT2D eigenvalue weighted by Crippen LogP contribution is 2.24. The van der Waals surface area contributed by atoms with E-state index in [0.717, 1.165) is 12.1 Å². The molecule has 2 rings (SSSR count). The van der Waals surface area contributed by atoms with Gasteiger partial charge in [-0.2, -0.15) is 0 Å². The Balaban J connectivity index is 2.03. The van der Waals surface area contributed by atoms with Gasteiger partial charge in [0.25, 0.3) is 0 Å². The molecule has 1 fully saturated rings. The van der Waals surface area contributed by atoms with E-state index in [4.69, 9.17) is 10.5 Å². The molecule has 0 bridgehead atoms. The van der Waals surface area contributed by atoms with Crippen molar-refractivity contribution in [3.8, 4) is 5.88 Å². The predicted molar refractivity (Wildman–Crippen MR) is 50.8 cm³/mol. The number of hydrogen-bond donors (Lipinski definition) is 2. The van der Waals surface area contributed by atoms with Crippen LogP contribution in [0.4, 0.5) is 5.69 Å². The molecule has 4 heteroatoms. The molecule has 0 aliphatic heterocycles. The van der Waals surface area contributed by atoms with Gasteiger partial charge in [-0.05, 0) is 12.5 Å². The molecule has 2 atom stereocenters. The molecule has 1 heterocycles. The van der Waals surface area contributed by atoms with E-state index in [1.807, 2.05) is 12.1 Å². The summed E-state index contributed by atoms with van der Waals surface area (Å²) in [6.07, 6.45) is 2.76. The number of nitrogens with zero attached hydrogens (tertiary/aromatic N) is 1. The number of rotatable bonds is 3. The van der Waals surface area contributed by atoms with E-state index in [1.165, 1.54) is 0 Å². The van der Waals surface area contributed by atoms with Gasteiger partial charge in [0.15, 0.2) is 0 Å². The molecule has 13 heavy (non-hydrogen) atoms. The van der Waals surface area contributed by atoms with Crippen LogP contribution in [0.25, 0.3) is 0 Å². The quantitative estimate of drug-likeness (QED) is 0.713. The third-order valence-electron chi connectivity index (χ3n) is 2.14. The van der Waals surface area contributed by atoms with E-state index >= 15 is 0 Å². The third-order valence-corrected chi connectivity index (χ3v) is 2.14. The Labute approximate surface area is 77.1 Å². The van der Waals surface area contributed by atoms with Gasteiger partial charge in [0, 0.05) is 30.0 Å². The van der Waals surface area contributed by atoms with Crippen LogP contribution in [0.1, 0.15) is 6.42 Å². The average Bonchev–Trinajstić information content (AvgIpc) is 2.82. The molecule has 70 valence electrons. The summed E-state index contributed by atoms with van der Waals surface area (Å²) in [5, 5.41) is 3.30. The lowest BCUT2D eigenvalue weighted by Gasteiger charge is -2.05. The second-order valence-corrected chi connectivity index (χ2v) is 3.24. The molecule has 1 aromatic rings. The van der Waals surface area contributed by atoms with Gasteiger partial charge in [-0.1, -0.05) is 0 Å². The van der Waals surface area contributed by atoms with Gasteiger partial charge in [-0.15, -0.1) is 0 Å². The van der Waals surface area contributed by atoms with Crippen LogP contribution in [-0.2, 0) is 0 Å². The maximum Gasteiger partial charge on any atom is 0.214 e. The van der Waals surface area contributed by atoms with Crippen molar-refractivity contribution in [3.05, 3.63) is 18.3 Å². The number of pyridine rings is 1. The fraction of sp³-hybridized carbons (Fsp3) is 0.444. The van der Waals surface area contributed by atoms with Crippen LogP contribution in [0.2, 0.25) is 0 Å². The molecule has 1 saturated carbocycles. The summed E-state index contributed by atoms with van der Waals surface area (Å²) in [6, 6.07) is 4.50. The smallest absolute Gasteiger partial charge is 0.214 e. The van der Waals surface area contributed by atoms with Crippen LogP contribution >= 0.6 is 0 Å². The summed E-state index contributed by atoms with van der Waals surface area (Å²) in [5.74, 6) is 0.624. The van der Waals surface area contributed by atoms with Gasteiger partial charge in [0.1, 0.15) is 0 Å². The fourth-order valence-electron chi connectivity index (χ4n) is 1.21. The summed E-state index contributed by atoms with van der Waals surface area (Å²) in [4.78, 5) is 4.01. The summed E-state index contributed by atoms with van der Waals surface area (Å²) in [5.41, 5.74) is 6.69. The van der Waals surface area contributed by atoms with Crippen LogP contribution in [-0.4, -0.2) is 24.2 Å². The number of anilines is 1. The zero-order chi connectivity index (χ0) is 9.26. The number of ether oxygens (including phenoxy) is 1. The summed E-state index contributed by atoms with van der Waals surface area (Å²) >= 11 is 0. The van der Waals surface area contributed by atoms with Crippen LogP contribution in [0.5, 0.6) is 5.88 Å². The molecule has 0 saturated heterocycles. The first-order valence-electron chi connectivity index (χ1n) is 4.32. The SMILES string of the molecule is COc1cc(NC2CC2N)ccn1. The minimum absolute atomic E-state index is 0.305. The van der Waals surface area contributed by atoms with Crippen LogP contribution in [0.3, 0.4) is 0 Å². The third kappa shape index (κ3) is 1.89. The maximum atomic E-state index is 5.68. The van der Waals surface area contributed by atoms with Crippen molar-refractivity contribution >= 4 is 5.69 Å². The molecule has 0 spiro atoms. The van der Waals surface area contributed by atoms with Gasteiger partial charge in [0.05, 0.1) is 7.11 Å². The Morgan fingerprint density at radius 2 is 2.46 bits per heavy atom. The van der Waals surface area contributed by atoms with Crippen molar-refractivity contribution in [2.45, 2.75) is 18.5 Å². The Bertz CT molecular complexity index is 303. The van der Waals surface area contributed by atoms with E-state index in [2.05, 4.69) is 10.3 Å². The van der Waals surface area contributed by atoms with Gasteiger partial charge >= 0.3 is 0 Å². The zero-order valence-corrected chi connectivity index (χ0v) is 7.53. The Morgan fingerprint density at radius 1 is 1.69 bits per heavy atom. The monoisotopic (exact) mass is 179 g/mol. The van der Waals surface area contributed by atoms with Crippen molar-refractivity contribution < 1.29 is 4.74 Å². The first kappa shape index (κ1) is 8.31. The lowest BCUT2D eigenvalue weighted by atomic mass is 10.4. The highest BCUT2D eigenvalue weighted by molar-refractivity contribution is 5.47. The second-order valence-electron chi connectivity index (χ2n) is 3.24. The highest BCUT2D eigenvalue weighted by atomic mass is 16.5. The Morgan fingerprint density at radius 3 is 3.08 bits per heavy atom. The lowest BCUT2D eigenvalue weighted by Crippen LogP contribution is -2.13. The molecule has 1 aliphatic carbocycles. The van der Waals surface area contributed by atoms with Crippen molar-refractivity contribution in [1.82, 2.24) is 4.98 Å². The number of nitrogens with two attached hydrogens (primary N) is 1. The molecule has 2 unspecified atom stereocenters. The standard InChI is InChI=1S/C9H13N3O/c1-13-9-4-6(2-3-11-9)12-8-5-7(8)10/h2-4,7-8H,5,10H2,1H3,(H,11,12). The molecule has 0 amide bonds. The topological polar surface area (TPSA) is 60.2 Å². The molecule has 3 N–H and O–H groups in total. The molecule has 4 nitrogen and oxygen atoms in total. The highest BCUT2D eigenvalue weighted by Gasteiger charge is 2.33. The summed E-state index contributed by atoms with van der Waals surface area (Å²) in [6.45, 7) is 0. The molecule has 0 radical (unpaired) electrons. The first-order valence-corrected chi connectivity index (χ1v) is 4.32. The predicted octanol–water partition coefficient (Wildman–Crippen LogP) is 0.602. The number of nitrogens with one attached hydrogen (secondary N) is 1. The lowest BCUT2D eigenvalue weighted by molar-refractivity contribution is 0.398. The molecule has 0 aromatic carbocycles. The maximum absolute atomic E-state index is 5.68. The van der Waals surface area contributed by atoms with Crippen LogP contribution in [0, 0.1) is 0 Å². The van der Waals surface area contributed by atoms with E-state index in [9.17, 15) is 0 Å². The Kier molecular flexibility index (Phi) is 2.06. The van der Waals surface area contributed by atoms with Gasteiger partial charge in [-0.25, -0.2) is 4.98 Å². The summed E-state index contributed by atoms with van der Waals surface area (Å²) in [7, 11) is 1.61. The molecular formula is C9H13N3O. The average molecular weight is 179 g/mol. The van der Waals surface area contributed by atoms with Crippen LogP contribution < -0.4 is 15.8 Å². The largest absolute Gasteiger partial charge is 0.481 e. The van der Waals surface area contributed by atoms with Crippen LogP contribution in [0.15, 0.2) is 18.3 Å². The normalized spacial score (nSPS) is 25.4. The molecular weight excluding hydrogens is 166 g/mol. The number of methoxy groups -OCH3 is 1. The van der Waals surface area contributed by atoms with Crippen molar-refractivity contribution in [3.63, 3.8) is 0 Å². The fourth-order valence-corrected chi connectivity index (χ4v) is 1.21. The van der Waals surface area contributed by atoms with E-state index in [0.29, 0.717) is 18.0 Å². The van der Waals surface area contributed by atoms with Gasteiger partial charge in [-0.3, -0.25) is 0 Å². The summed E-state index contributed by atoms with van der Waals surface area (Å²) < 4.78 is 5.00. The van der Waals surface area contributed by atoms with Crippen molar-refractivity contribution in [2.24, 2.45) is 5.73 Å². The van der Waals surface area contributed by atoms with Gasteiger partial charge in [0.2, 0.25) is 5.88 Å². The number of aromatic nitrogens is 1. The molecule has 1 aliphatic rings. The molecule has 1 aromatic heterocycles. The Hall–Kier alpha value is -1.29.